The van der Waals surface area contributed by atoms with E-state index < -0.39 is 0 Å². The second kappa shape index (κ2) is 8.43. The fraction of sp³-hybridized carbons (Fsp3) is 0.364. The summed E-state index contributed by atoms with van der Waals surface area (Å²) in [5, 5.41) is 3.00. The van der Waals surface area contributed by atoms with Crippen LogP contribution in [0.15, 0.2) is 54.6 Å². The largest absolute Gasteiger partial charge is 0.447 e. The number of para-hydroxylation sites is 1. The van der Waals surface area contributed by atoms with E-state index in [1.165, 1.54) is 5.69 Å². The molecule has 2 aromatic carbocycles. The Hall–Kier alpha value is -3.22. The number of carbonyl (C=O) groups is 2. The topological polar surface area (TPSA) is 65.1 Å². The van der Waals surface area contributed by atoms with Crippen molar-refractivity contribution in [3.05, 3.63) is 54.6 Å². The van der Waals surface area contributed by atoms with Gasteiger partial charge in [0.25, 0.3) is 0 Å². The summed E-state index contributed by atoms with van der Waals surface area (Å²) in [5.74, 6) is 0. The van der Waals surface area contributed by atoms with Crippen molar-refractivity contribution in [2.24, 2.45) is 0 Å². The number of rotatable bonds is 4. The zero-order valence-corrected chi connectivity index (χ0v) is 16.6. The lowest BCUT2D eigenvalue weighted by Gasteiger charge is -2.42. The van der Waals surface area contributed by atoms with E-state index in [2.05, 4.69) is 29.3 Å². The minimum atomic E-state index is -0.350. The SMILES string of the molecule is CCC1CN(c2ccccc2)CCN1C(=O)Nc1cccc(N2CCOC2=O)c1. The van der Waals surface area contributed by atoms with Crippen LogP contribution in [0.4, 0.5) is 26.7 Å². The first-order valence-electron chi connectivity index (χ1n) is 10.1. The highest BCUT2D eigenvalue weighted by molar-refractivity contribution is 5.93. The number of carbonyl (C=O) groups excluding carboxylic acids is 2. The highest BCUT2D eigenvalue weighted by Gasteiger charge is 2.30. The number of nitrogens with one attached hydrogen (secondary N) is 1. The second-order valence-corrected chi connectivity index (χ2v) is 7.28. The minimum Gasteiger partial charge on any atom is -0.447 e. The van der Waals surface area contributed by atoms with E-state index in [0.717, 1.165) is 25.2 Å². The van der Waals surface area contributed by atoms with Crippen molar-refractivity contribution in [2.75, 3.05) is 47.9 Å². The van der Waals surface area contributed by atoms with Gasteiger partial charge in [-0.05, 0) is 36.8 Å². The lowest BCUT2D eigenvalue weighted by Crippen LogP contribution is -2.56. The maximum Gasteiger partial charge on any atom is 0.414 e. The summed E-state index contributed by atoms with van der Waals surface area (Å²) in [4.78, 5) is 30.6. The second-order valence-electron chi connectivity index (χ2n) is 7.28. The average molecular weight is 394 g/mol. The molecule has 0 aliphatic carbocycles. The number of anilines is 3. The molecule has 0 aromatic heterocycles. The molecular weight excluding hydrogens is 368 g/mol. The number of hydrogen-bond donors (Lipinski definition) is 1. The standard InChI is InChI=1S/C22H26N4O3/c1-2-18-16-24(19-8-4-3-5-9-19)11-12-25(18)21(27)23-17-7-6-10-20(15-17)26-13-14-29-22(26)28/h3-10,15,18H,2,11-14,16H2,1H3,(H,23,27). The third-order valence-electron chi connectivity index (χ3n) is 5.51. The fourth-order valence-electron chi connectivity index (χ4n) is 3.92. The summed E-state index contributed by atoms with van der Waals surface area (Å²) in [6.45, 7) is 5.30. The van der Waals surface area contributed by atoms with Gasteiger partial charge >= 0.3 is 12.1 Å². The molecule has 29 heavy (non-hydrogen) atoms. The number of amides is 3. The molecule has 0 radical (unpaired) electrons. The molecule has 3 amide bonds. The molecule has 2 aliphatic rings. The van der Waals surface area contributed by atoms with Gasteiger partial charge in [-0.25, -0.2) is 9.59 Å². The Bertz CT molecular complexity index is 873. The van der Waals surface area contributed by atoms with E-state index in [1.54, 1.807) is 4.90 Å². The van der Waals surface area contributed by atoms with Gasteiger partial charge in [0.15, 0.2) is 0 Å². The Morgan fingerprint density at radius 2 is 1.86 bits per heavy atom. The Balaban J connectivity index is 1.42. The first kappa shape index (κ1) is 19.1. The third-order valence-corrected chi connectivity index (χ3v) is 5.51. The molecule has 1 N–H and O–H groups in total. The van der Waals surface area contributed by atoms with Crippen molar-refractivity contribution >= 4 is 29.2 Å². The van der Waals surface area contributed by atoms with E-state index in [4.69, 9.17) is 4.74 Å². The smallest absolute Gasteiger partial charge is 0.414 e. The van der Waals surface area contributed by atoms with E-state index in [1.807, 2.05) is 47.4 Å². The van der Waals surface area contributed by atoms with Crippen molar-refractivity contribution in [1.29, 1.82) is 0 Å². The molecule has 0 saturated carbocycles. The monoisotopic (exact) mass is 394 g/mol. The Morgan fingerprint density at radius 3 is 2.59 bits per heavy atom. The van der Waals surface area contributed by atoms with E-state index in [0.29, 0.717) is 25.4 Å². The summed E-state index contributed by atoms with van der Waals surface area (Å²) in [7, 11) is 0. The van der Waals surface area contributed by atoms with Gasteiger partial charge in [-0.2, -0.15) is 0 Å². The highest BCUT2D eigenvalue weighted by Crippen LogP contribution is 2.24. The molecule has 7 nitrogen and oxygen atoms in total. The zero-order valence-electron chi connectivity index (χ0n) is 16.6. The van der Waals surface area contributed by atoms with Crippen LogP contribution >= 0.6 is 0 Å². The molecule has 4 rings (SSSR count). The predicted molar refractivity (Wildman–Crippen MR) is 114 cm³/mol. The maximum absolute atomic E-state index is 13.0. The van der Waals surface area contributed by atoms with Crippen LogP contribution in [0, 0.1) is 0 Å². The van der Waals surface area contributed by atoms with Gasteiger partial charge in [-0.3, -0.25) is 4.90 Å². The van der Waals surface area contributed by atoms with E-state index in [-0.39, 0.29) is 18.2 Å². The Kier molecular flexibility index (Phi) is 5.55. The van der Waals surface area contributed by atoms with Crippen molar-refractivity contribution in [1.82, 2.24) is 4.90 Å². The van der Waals surface area contributed by atoms with Crippen molar-refractivity contribution in [2.45, 2.75) is 19.4 Å². The summed E-state index contributed by atoms with van der Waals surface area (Å²) < 4.78 is 5.00. The molecule has 2 aliphatic heterocycles. The third kappa shape index (κ3) is 4.13. The maximum atomic E-state index is 13.0. The zero-order chi connectivity index (χ0) is 20.2. The van der Waals surface area contributed by atoms with Gasteiger partial charge in [0.05, 0.1) is 12.6 Å². The molecule has 0 bridgehead atoms. The van der Waals surface area contributed by atoms with Gasteiger partial charge < -0.3 is 19.9 Å². The number of piperazine rings is 1. The van der Waals surface area contributed by atoms with E-state index >= 15 is 0 Å². The number of benzene rings is 2. The number of nitrogens with zero attached hydrogens (tertiary/aromatic N) is 3. The summed E-state index contributed by atoms with van der Waals surface area (Å²) in [6, 6.07) is 17.7. The van der Waals surface area contributed by atoms with Gasteiger partial charge in [-0.1, -0.05) is 31.2 Å². The molecule has 2 heterocycles. The lowest BCUT2D eigenvalue weighted by molar-refractivity contribution is 0.176. The van der Waals surface area contributed by atoms with Crippen molar-refractivity contribution in [3.8, 4) is 0 Å². The molecule has 0 spiro atoms. The number of hydrogen-bond acceptors (Lipinski definition) is 4. The van der Waals surface area contributed by atoms with Crippen LogP contribution in [0.5, 0.6) is 0 Å². The molecule has 152 valence electrons. The molecular formula is C22H26N4O3. The number of ether oxygens (including phenoxy) is 1. The molecule has 2 fully saturated rings. The normalized spacial score (nSPS) is 19.3. The molecule has 1 unspecified atom stereocenters. The summed E-state index contributed by atoms with van der Waals surface area (Å²) in [6.07, 6.45) is 0.535. The van der Waals surface area contributed by atoms with E-state index in [9.17, 15) is 9.59 Å². The van der Waals surface area contributed by atoms with Crippen LogP contribution in [-0.2, 0) is 4.74 Å². The van der Waals surface area contributed by atoms with Gasteiger partial charge in [-0.15, -0.1) is 0 Å². The van der Waals surface area contributed by atoms with Gasteiger partial charge in [0.1, 0.15) is 6.61 Å². The molecule has 2 aromatic rings. The van der Waals surface area contributed by atoms with Gasteiger partial charge in [0.2, 0.25) is 0 Å². The van der Waals surface area contributed by atoms with Crippen molar-refractivity contribution in [3.63, 3.8) is 0 Å². The first-order valence-corrected chi connectivity index (χ1v) is 10.1. The average Bonchev–Trinajstić information content (AvgIpc) is 3.20. The predicted octanol–water partition coefficient (Wildman–Crippen LogP) is 3.78. The van der Waals surface area contributed by atoms with Crippen LogP contribution in [0.2, 0.25) is 0 Å². The lowest BCUT2D eigenvalue weighted by atomic mass is 10.1. The van der Waals surface area contributed by atoms with Crippen LogP contribution in [0.1, 0.15) is 13.3 Å². The molecule has 7 heteroatoms. The summed E-state index contributed by atoms with van der Waals surface area (Å²) in [5.41, 5.74) is 2.59. The van der Waals surface area contributed by atoms with Gasteiger partial charge in [0, 0.05) is 36.7 Å². The highest BCUT2D eigenvalue weighted by atomic mass is 16.6. The Morgan fingerprint density at radius 1 is 1.07 bits per heavy atom. The van der Waals surface area contributed by atoms with Crippen molar-refractivity contribution < 1.29 is 14.3 Å². The minimum absolute atomic E-state index is 0.106. The fourth-order valence-corrected chi connectivity index (χ4v) is 3.92. The number of urea groups is 1. The van der Waals surface area contributed by atoms with Crippen LogP contribution in [-0.4, -0.2) is 55.9 Å². The van der Waals surface area contributed by atoms with Crippen LogP contribution in [0.3, 0.4) is 0 Å². The quantitative estimate of drug-likeness (QED) is 0.857. The first-order chi connectivity index (χ1) is 14.2. The molecule has 2 saturated heterocycles. The Labute approximate surface area is 170 Å². The van der Waals surface area contributed by atoms with Crippen LogP contribution < -0.4 is 15.1 Å². The molecule has 1 atom stereocenters. The van der Waals surface area contributed by atoms with Crippen LogP contribution in [0.25, 0.3) is 0 Å². The number of cyclic esters (lactones) is 1. The summed E-state index contributed by atoms with van der Waals surface area (Å²) >= 11 is 0.